The monoisotopic (exact) mass is 265 g/mol. The number of ether oxygens (including phenoxy) is 1. The second-order valence-corrected chi connectivity index (χ2v) is 4.93. The molecular formula is C15H23NO3. The molecule has 0 bridgehead atoms. The molecule has 0 saturated carbocycles. The molecule has 1 unspecified atom stereocenters. The summed E-state index contributed by atoms with van der Waals surface area (Å²) >= 11 is 0. The van der Waals surface area contributed by atoms with Crippen LogP contribution in [-0.2, 0) is 9.53 Å². The molecule has 106 valence electrons. The zero-order chi connectivity index (χ0) is 14.3. The molecule has 0 aliphatic heterocycles. The highest BCUT2D eigenvalue weighted by Crippen LogP contribution is 2.17. The summed E-state index contributed by atoms with van der Waals surface area (Å²) in [4.78, 5) is 11.9. The van der Waals surface area contributed by atoms with Crippen LogP contribution in [0.3, 0.4) is 0 Å². The largest absolute Gasteiger partial charge is 0.469 e. The van der Waals surface area contributed by atoms with E-state index in [9.17, 15) is 9.90 Å². The van der Waals surface area contributed by atoms with Crippen molar-refractivity contribution in [3.8, 4) is 0 Å². The Bertz CT molecular complexity index is 378. The van der Waals surface area contributed by atoms with E-state index >= 15 is 0 Å². The van der Waals surface area contributed by atoms with E-state index in [2.05, 4.69) is 5.32 Å². The van der Waals surface area contributed by atoms with Gasteiger partial charge < -0.3 is 15.2 Å². The number of rotatable bonds is 7. The molecule has 0 spiro atoms. The minimum absolute atomic E-state index is 0.0177. The molecule has 1 aromatic rings. The quantitative estimate of drug-likeness (QED) is 0.734. The highest BCUT2D eigenvalue weighted by molar-refractivity contribution is 5.78. The molecule has 0 radical (unpaired) electrons. The summed E-state index contributed by atoms with van der Waals surface area (Å²) in [6.45, 7) is 4.58. The van der Waals surface area contributed by atoms with Crippen molar-refractivity contribution in [3.05, 3.63) is 35.9 Å². The van der Waals surface area contributed by atoms with Gasteiger partial charge in [-0.15, -0.1) is 0 Å². The molecule has 0 amide bonds. The number of methoxy groups -OCH3 is 1. The van der Waals surface area contributed by atoms with E-state index in [4.69, 9.17) is 4.74 Å². The van der Waals surface area contributed by atoms with Crippen LogP contribution in [0.5, 0.6) is 0 Å². The normalized spacial score (nSPS) is 14.2. The molecule has 0 aliphatic rings. The number of carbonyl (C=O) groups is 1. The van der Waals surface area contributed by atoms with Gasteiger partial charge in [0.1, 0.15) is 0 Å². The molecule has 4 heteroatoms. The van der Waals surface area contributed by atoms with Crippen LogP contribution in [0.2, 0.25) is 0 Å². The standard InChI is InChI=1S/C15H23NO3/c1-11(2)14(10-17)16-9-13(15(18)19-3)12-7-5-4-6-8-12/h4-8,11,13-14,16-17H,9-10H2,1-3H3/t13?,14-/m1/s1. The van der Waals surface area contributed by atoms with Gasteiger partial charge in [0.25, 0.3) is 0 Å². The lowest BCUT2D eigenvalue weighted by molar-refractivity contribution is -0.142. The fourth-order valence-corrected chi connectivity index (χ4v) is 1.95. The molecule has 0 aromatic heterocycles. The zero-order valence-electron chi connectivity index (χ0n) is 11.8. The summed E-state index contributed by atoms with van der Waals surface area (Å²) in [5.74, 6) is -0.308. The SMILES string of the molecule is COC(=O)C(CN[C@H](CO)C(C)C)c1ccccc1. The van der Waals surface area contributed by atoms with Crippen molar-refractivity contribution in [3.63, 3.8) is 0 Å². The topological polar surface area (TPSA) is 58.6 Å². The smallest absolute Gasteiger partial charge is 0.314 e. The van der Waals surface area contributed by atoms with Gasteiger partial charge in [0.15, 0.2) is 0 Å². The molecule has 4 nitrogen and oxygen atoms in total. The first-order chi connectivity index (χ1) is 9.10. The van der Waals surface area contributed by atoms with Crippen LogP contribution in [0.15, 0.2) is 30.3 Å². The van der Waals surface area contributed by atoms with Crippen molar-refractivity contribution in [2.45, 2.75) is 25.8 Å². The Morgan fingerprint density at radius 1 is 1.32 bits per heavy atom. The average Bonchev–Trinajstić information content (AvgIpc) is 2.43. The Balaban J connectivity index is 2.74. The first-order valence-corrected chi connectivity index (χ1v) is 6.57. The Morgan fingerprint density at radius 2 is 1.95 bits per heavy atom. The number of benzene rings is 1. The van der Waals surface area contributed by atoms with E-state index in [0.29, 0.717) is 12.5 Å². The van der Waals surface area contributed by atoms with Crippen molar-refractivity contribution in [2.75, 3.05) is 20.3 Å². The second-order valence-electron chi connectivity index (χ2n) is 4.93. The zero-order valence-corrected chi connectivity index (χ0v) is 11.8. The lowest BCUT2D eigenvalue weighted by Crippen LogP contribution is -2.40. The molecule has 0 saturated heterocycles. The van der Waals surface area contributed by atoms with Gasteiger partial charge in [-0.25, -0.2) is 0 Å². The number of hydrogen-bond acceptors (Lipinski definition) is 4. The highest BCUT2D eigenvalue weighted by atomic mass is 16.5. The Kier molecular flexibility index (Phi) is 6.53. The first-order valence-electron chi connectivity index (χ1n) is 6.57. The van der Waals surface area contributed by atoms with Gasteiger partial charge in [0, 0.05) is 12.6 Å². The highest BCUT2D eigenvalue weighted by Gasteiger charge is 2.23. The van der Waals surface area contributed by atoms with Gasteiger partial charge in [-0.05, 0) is 11.5 Å². The molecule has 2 atom stereocenters. The maximum absolute atomic E-state index is 11.9. The predicted octanol–water partition coefficient (Wildman–Crippen LogP) is 1.55. The van der Waals surface area contributed by atoms with Crippen LogP contribution in [0.25, 0.3) is 0 Å². The Hall–Kier alpha value is -1.39. The number of carbonyl (C=O) groups excluding carboxylic acids is 1. The van der Waals surface area contributed by atoms with Crippen molar-refractivity contribution in [1.29, 1.82) is 0 Å². The second kappa shape index (κ2) is 7.92. The number of aliphatic hydroxyl groups excluding tert-OH is 1. The molecule has 0 heterocycles. The lowest BCUT2D eigenvalue weighted by atomic mass is 9.97. The fraction of sp³-hybridized carbons (Fsp3) is 0.533. The minimum Gasteiger partial charge on any atom is -0.469 e. The molecule has 0 aliphatic carbocycles. The summed E-state index contributed by atoms with van der Waals surface area (Å²) in [6, 6.07) is 9.51. The summed E-state index contributed by atoms with van der Waals surface area (Å²) in [6.07, 6.45) is 0. The van der Waals surface area contributed by atoms with Crippen LogP contribution < -0.4 is 5.32 Å². The van der Waals surface area contributed by atoms with Gasteiger partial charge >= 0.3 is 5.97 Å². The molecule has 0 fully saturated rings. The number of aliphatic hydroxyl groups is 1. The third-order valence-corrected chi connectivity index (χ3v) is 3.27. The van der Waals surface area contributed by atoms with E-state index in [1.807, 2.05) is 44.2 Å². The van der Waals surface area contributed by atoms with Crippen LogP contribution in [0, 0.1) is 5.92 Å². The van der Waals surface area contributed by atoms with Crippen molar-refractivity contribution >= 4 is 5.97 Å². The predicted molar refractivity (Wildman–Crippen MR) is 74.9 cm³/mol. The first kappa shape index (κ1) is 15.7. The van der Waals surface area contributed by atoms with E-state index in [1.54, 1.807) is 0 Å². The van der Waals surface area contributed by atoms with Crippen molar-refractivity contribution in [1.82, 2.24) is 5.32 Å². The maximum Gasteiger partial charge on any atom is 0.314 e. The Labute approximate surface area is 114 Å². The maximum atomic E-state index is 11.9. The summed E-state index contributed by atoms with van der Waals surface area (Å²) in [7, 11) is 1.39. The lowest BCUT2D eigenvalue weighted by Gasteiger charge is -2.23. The Morgan fingerprint density at radius 3 is 2.42 bits per heavy atom. The van der Waals surface area contributed by atoms with E-state index in [0.717, 1.165) is 5.56 Å². The van der Waals surface area contributed by atoms with Crippen LogP contribution in [0.4, 0.5) is 0 Å². The third-order valence-electron chi connectivity index (χ3n) is 3.27. The van der Waals surface area contributed by atoms with Gasteiger partial charge in [0.05, 0.1) is 19.6 Å². The van der Waals surface area contributed by atoms with Crippen LogP contribution >= 0.6 is 0 Å². The summed E-state index contributed by atoms with van der Waals surface area (Å²) in [5.41, 5.74) is 0.919. The summed E-state index contributed by atoms with van der Waals surface area (Å²) < 4.78 is 4.85. The van der Waals surface area contributed by atoms with Gasteiger partial charge in [-0.2, -0.15) is 0 Å². The third kappa shape index (κ3) is 4.65. The van der Waals surface area contributed by atoms with E-state index < -0.39 is 0 Å². The van der Waals surface area contributed by atoms with E-state index in [1.165, 1.54) is 7.11 Å². The molecule has 2 N–H and O–H groups in total. The van der Waals surface area contributed by atoms with E-state index in [-0.39, 0.29) is 24.5 Å². The van der Waals surface area contributed by atoms with Crippen LogP contribution in [-0.4, -0.2) is 37.4 Å². The molecule has 1 aromatic carbocycles. The summed E-state index contributed by atoms with van der Waals surface area (Å²) in [5, 5.41) is 12.5. The number of hydrogen-bond donors (Lipinski definition) is 2. The average molecular weight is 265 g/mol. The number of esters is 1. The molecular weight excluding hydrogens is 242 g/mol. The van der Waals surface area contributed by atoms with Crippen molar-refractivity contribution in [2.24, 2.45) is 5.92 Å². The van der Waals surface area contributed by atoms with Crippen LogP contribution in [0.1, 0.15) is 25.3 Å². The van der Waals surface area contributed by atoms with Crippen molar-refractivity contribution < 1.29 is 14.6 Å². The fourth-order valence-electron chi connectivity index (χ4n) is 1.95. The van der Waals surface area contributed by atoms with Gasteiger partial charge in [-0.3, -0.25) is 4.79 Å². The van der Waals surface area contributed by atoms with Gasteiger partial charge in [0.2, 0.25) is 0 Å². The minimum atomic E-state index is -0.348. The van der Waals surface area contributed by atoms with Gasteiger partial charge in [-0.1, -0.05) is 44.2 Å². The molecule has 1 rings (SSSR count). The molecule has 19 heavy (non-hydrogen) atoms. The number of nitrogens with one attached hydrogen (secondary N) is 1.